The Kier molecular flexibility index (Phi) is 7.25. The summed E-state index contributed by atoms with van der Waals surface area (Å²) < 4.78 is 4.87. The van der Waals surface area contributed by atoms with Crippen LogP contribution in [0.3, 0.4) is 0 Å². The van der Waals surface area contributed by atoms with E-state index in [2.05, 4.69) is 10.5 Å². The van der Waals surface area contributed by atoms with Gasteiger partial charge in [0.1, 0.15) is 5.71 Å². The van der Waals surface area contributed by atoms with Gasteiger partial charge in [0, 0.05) is 6.42 Å². The number of nitrogens with one attached hydrogen (secondary N) is 1. The standard InChI is InChI=1S/C15H18N2O6/c1-2-23-15(22)12(4-3-5-13(18)19)17-16-11-8-6-10(7-9-11)14(20)21/h6-9,16H,2-5H2,1H3,(H,18,19)(H,20,21)/b17-12-. The van der Waals surface area contributed by atoms with Gasteiger partial charge < -0.3 is 14.9 Å². The first kappa shape index (κ1) is 18.1. The fraction of sp³-hybridized carbons (Fsp3) is 0.333. The van der Waals surface area contributed by atoms with Gasteiger partial charge in [-0.25, -0.2) is 9.59 Å². The number of hydrogen-bond donors (Lipinski definition) is 3. The zero-order valence-electron chi connectivity index (χ0n) is 12.6. The van der Waals surface area contributed by atoms with Gasteiger partial charge in [-0.1, -0.05) is 0 Å². The first-order chi connectivity index (χ1) is 10.9. The lowest BCUT2D eigenvalue weighted by atomic mass is 10.1. The van der Waals surface area contributed by atoms with E-state index in [1.54, 1.807) is 6.92 Å². The number of hydrazone groups is 1. The molecule has 0 aliphatic carbocycles. The van der Waals surface area contributed by atoms with Gasteiger partial charge in [0.05, 0.1) is 17.9 Å². The molecule has 1 rings (SSSR count). The lowest BCUT2D eigenvalue weighted by Crippen LogP contribution is -2.19. The van der Waals surface area contributed by atoms with Crippen LogP contribution < -0.4 is 5.43 Å². The summed E-state index contributed by atoms with van der Waals surface area (Å²) in [5.41, 5.74) is 3.34. The van der Waals surface area contributed by atoms with E-state index < -0.39 is 17.9 Å². The first-order valence-corrected chi connectivity index (χ1v) is 6.99. The van der Waals surface area contributed by atoms with E-state index in [0.717, 1.165) is 0 Å². The highest BCUT2D eigenvalue weighted by Crippen LogP contribution is 2.10. The molecule has 3 N–H and O–H groups in total. The van der Waals surface area contributed by atoms with Crippen molar-refractivity contribution in [2.45, 2.75) is 26.2 Å². The van der Waals surface area contributed by atoms with E-state index in [4.69, 9.17) is 14.9 Å². The third-order valence-electron chi connectivity index (χ3n) is 2.77. The Morgan fingerprint density at radius 3 is 2.30 bits per heavy atom. The molecule has 0 spiro atoms. The number of carboxylic acid groups (broad SMARTS) is 2. The third kappa shape index (κ3) is 6.60. The Labute approximate surface area is 132 Å². The van der Waals surface area contributed by atoms with Crippen molar-refractivity contribution < 1.29 is 29.3 Å². The molecule has 0 radical (unpaired) electrons. The number of carbonyl (C=O) groups excluding carboxylic acids is 1. The van der Waals surface area contributed by atoms with Gasteiger partial charge in [-0.05, 0) is 44.0 Å². The number of anilines is 1. The zero-order chi connectivity index (χ0) is 17.2. The molecule has 0 bridgehead atoms. The molecule has 0 aliphatic rings. The minimum absolute atomic E-state index is 0.0776. The SMILES string of the molecule is CCOC(=O)/C(CCCC(=O)O)=N\Nc1ccc(C(=O)O)cc1. The van der Waals surface area contributed by atoms with Crippen LogP contribution in [-0.4, -0.2) is 40.4 Å². The van der Waals surface area contributed by atoms with Crippen LogP contribution in [0, 0.1) is 0 Å². The molecule has 23 heavy (non-hydrogen) atoms. The molecule has 1 aromatic rings. The highest BCUT2D eigenvalue weighted by Gasteiger charge is 2.13. The van der Waals surface area contributed by atoms with Crippen LogP contribution in [-0.2, 0) is 14.3 Å². The van der Waals surface area contributed by atoms with Gasteiger partial charge in [-0.3, -0.25) is 10.2 Å². The predicted molar refractivity (Wildman–Crippen MR) is 82.6 cm³/mol. The van der Waals surface area contributed by atoms with Crippen molar-refractivity contribution >= 4 is 29.3 Å². The maximum Gasteiger partial charge on any atom is 0.354 e. The van der Waals surface area contributed by atoms with Crippen LogP contribution >= 0.6 is 0 Å². The van der Waals surface area contributed by atoms with Gasteiger partial charge >= 0.3 is 17.9 Å². The summed E-state index contributed by atoms with van der Waals surface area (Å²) in [6.07, 6.45) is 0.337. The minimum Gasteiger partial charge on any atom is -0.481 e. The first-order valence-electron chi connectivity index (χ1n) is 6.99. The molecule has 0 unspecified atom stereocenters. The number of carboxylic acids is 2. The van der Waals surface area contributed by atoms with E-state index in [-0.39, 0.29) is 37.1 Å². The van der Waals surface area contributed by atoms with Crippen molar-refractivity contribution in [2.75, 3.05) is 12.0 Å². The van der Waals surface area contributed by atoms with Crippen LogP contribution in [0.5, 0.6) is 0 Å². The van der Waals surface area contributed by atoms with E-state index in [9.17, 15) is 14.4 Å². The van der Waals surface area contributed by atoms with Crippen molar-refractivity contribution in [3.63, 3.8) is 0 Å². The maximum atomic E-state index is 11.8. The second-order valence-corrected chi connectivity index (χ2v) is 4.52. The fourth-order valence-electron chi connectivity index (χ4n) is 1.64. The minimum atomic E-state index is -1.04. The highest BCUT2D eigenvalue weighted by molar-refractivity contribution is 6.36. The van der Waals surface area contributed by atoms with Crippen molar-refractivity contribution in [3.8, 4) is 0 Å². The maximum absolute atomic E-state index is 11.8. The Bertz CT molecular complexity index is 594. The number of ether oxygens (including phenoxy) is 1. The highest BCUT2D eigenvalue weighted by atomic mass is 16.5. The largest absolute Gasteiger partial charge is 0.481 e. The Hall–Kier alpha value is -2.90. The molecule has 0 aromatic heterocycles. The summed E-state index contributed by atoms with van der Waals surface area (Å²) >= 11 is 0. The van der Waals surface area contributed by atoms with Crippen LogP contribution in [0.15, 0.2) is 29.4 Å². The topological polar surface area (TPSA) is 125 Å². The fourth-order valence-corrected chi connectivity index (χ4v) is 1.64. The van der Waals surface area contributed by atoms with Crippen LogP contribution in [0.25, 0.3) is 0 Å². The third-order valence-corrected chi connectivity index (χ3v) is 2.77. The number of aliphatic carboxylic acids is 1. The van der Waals surface area contributed by atoms with E-state index in [0.29, 0.717) is 5.69 Å². The van der Waals surface area contributed by atoms with Gasteiger partial charge in [-0.15, -0.1) is 0 Å². The molecular formula is C15H18N2O6. The molecule has 0 saturated heterocycles. The summed E-state index contributed by atoms with van der Waals surface area (Å²) in [6.45, 7) is 1.84. The lowest BCUT2D eigenvalue weighted by Gasteiger charge is -2.07. The van der Waals surface area contributed by atoms with Gasteiger partial charge in [0.25, 0.3) is 0 Å². The normalized spacial score (nSPS) is 10.9. The van der Waals surface area contributed by atoms with Crippen molar-refractivity contribution in [3.05, 3.63) is 29.8 Å². The number of rotatable bonds is 9. The summed E-state index contributed by atoms with van der Waals surface area (Å²) in [5, 5.41) is 21.4. The predicted octanol–water partition coefficient (Wildman–Crippen LogP) is 1.97. The van der Waals surface area contributed by atoms with Crippen molar-refractivity contribution in [1.82, 2.24) is 0 Å². The molecule has 0 heterocycles. The molecule has 0 amide bonds. The molecule has 124 valence electrons. The van der Waals surface area contributed by atoms with Crippen molar-refractivity contribution in [1.29, 1.82) is 0 Å². The number of nitrogens with zero attached hydrogens (tertiary/aromatic N) is 1. The number of benzene rings is 1. The summed E-state index contributed by atoms with van der Waals surface area (Å²) in [7, 11) is 0. The molecule has 8 nitrogen and oxygen atoms in total. The molecular weight excluding hydrogens is 304 g/mol. The summed E-state index contributed by atoms with van der Waals surface area (Å²) in [6, 6.07) is 5.81. The van der Waals surface area contributed by atoms with Crippen LogP contribution in [0.2, 0.25) is 0 Å². The second kappa shape index (κ2) is 9.19. The molecule has 0 fully saturated rings. The summed E-state index contributed by atoms with van der Waals surface area (Å²) in [4.78, 5) is 33.0. The average molecular weight is 322 g/mol. The van der Waals surface area contributed by atoms with Crippen LogP contribution in [0.1, 0.15) is 36.5 Å². The smallest absolute Gasteiger partial charge is 0.354 e. The Morgan fingerprint density at radius 1 is 1.13 bits per heavy atom. The van der Waals surface area contributed by atoms with E-state index in [1.165, 1.54) is 24.3 Å². The Balaban J connectivity index is 2.75. The quantitative estimate of drug-likeness (QED) is 0.360. The monoisotopic (exact) mass is 322 g/mol. The lowest BCUT2D eigenvalue weighted by molar-refractivity contribution is -0.137. The van der Waals surface area contributed by atoms with Gasteiger partial charge in [0.15, 0.2) is 0 Å². The number of aromatic carboxylic acids is 1. The second-order valence-electron chi connectivity index (χ2n) is 4.52. The molecule has 0 aliphatic heterocycles. The molecule has 1 aromatic carbocycles. The van der Waals surface area contributed by atoms with Crippen LogP contribution in [0.4, 0.5) is 5.69 Å². The van der Waals surface area contributed by atoms with E-state index in [1.807, 2.05) is 0 Å². The summed E-state index contributed by atoms with van der Waals surface area (Å²) in [5.74, 6) is -2.61. The number of hydrogen-bond acceptors (Lipinski definition) is 6. The molecule has 8 heteroatoms. The molecule has 0 atom stereocenters. The number of esters is 1. The van der Waals surface area contributed by atoms with E-state index >= 15 is 0 Å². The Morgan fingerprint density at radius 2 is 1.78 bits per heavy atom. The van der Waals surface area contributed by atoms with Crippen molar-refractivity contribution in [2.24, 2.45) is 5.10 Å². The van der Waals surface area contributed by atoms with Gasteiger partial charge in [-0.2, -0.15) is 5.10 Å². The van der Waals surface area contributed by atoms with Gasteiger partial charge in [0.2, 0.25) is 0 Å². The average Bonchev–Trinajstić information content (AvgIpc) is 2.50. The molecule has 0 saturated carbocycles. The number of carbonyl (C=O) groups is 3. The zero-order valence-corrected chi connectivity index (χ0v) is 12.6.